The minimum absolute atomic E-state index is 0.0770. The maximum Gasteiger partial charge on any atom is 0.287 e. The predicted octanol–water partition coefficient (Wildman–Crippen LogP) is 3.22. The molecule has 0 aliphatic heterocycles. The van der Waals surface area contributed by atoms with Gasteiger partial charge in [-0.05, 0) is 48.1 Å². The number of nitrogens with one attached hydrogen (secondary N) is 1. The Labute approximate surface area is 108 Å². The molecule has 2 fully saturated rings. The SMILES string of the molecule is CC1(C)[C@H]2CC[C@](C)(C2)[C@@H]1NC(=O)c1ccco1. The standard InChI is InChI=1S/C15H21NO2/c1-14(2)10-6-7-15(3,9-10)13(14)16-12(17)11-5-4-8-18-11/h4-5,8,10,13H,6-7,9H2,1-3H3,(H,16,17)/t10-,13+,15+/m0/s1. The molecule has 1 amide bonds. The summed E-state index contributed by atoms with van der Waals surface area (Å²) in [5, 5.41) is 3.21. The molecular weight excluding hydrogens is 226 g/mol. The summed E-state index contributed by atoms with van der Waals surface area (Å²) in [5.74, 6) is 1.08. The van der Waals surface area contributed by atoms with Gasteiger partial charge in [-0.3, -0.25) is 4.79 Å². The lowest BCUT2D eigenvalue weighted by Crippen LogP contribution is -2.52. The van der Waals surface area contributed by atoms with Crippen LogP contribution in [0.2, 0.25) is 0 Å². The number of fused-ring (bicyclic) bond motifs is 2. The van der Waals surface area contributed by atoms with Crippen LogP contribution in [-0.4, -0.2) is 11.9 Å². The van der Waals surface area contributed by atoms with Crippen molar-refractivity contribution in [2.24, 2.45) is 16.7 Å². The second-order valence-electron chi connectivity index (χ2n) is 6.80. The number of carbonyl (C=O) groups excluding carboxylic acids is 1. The molecule has 1 aromatic heterocycles. The summed E-state index contributed by atoms with van der Waals surface area (Å²) < 4.78 is 5.17. The number of amides is 1. The number of furan rings is 1. The Balaban J connectivity index is 1.82. The molecule has 2 aliphatic rings. The highest BCUT2D eigenvalue weighted by Crippen LogP contribution is 2.62. The minimum atomic E-state index is -0.0770. The lowest BCUT2D eigenvalue weighted by Gasteiger charge is -2.42. The number of rotatable bonds is 2. The molecule has 0 aromatic carbocycles. The van der Waals surface area contributed by atoms with Crippen LogP contribution in [0.3, 0.4) is 0 Å². The van der Waals surface area contributed by atoms with Gasteiger partial charge in [-0.2, -0.15) is 0 Å². The van der Waals surface area contributed by atoms with Gasteiger partial charge in [-0.25, -0.2) is 0 Å². The topological polar surface area (TPSA) is 42.2 Å². The van der Waals surface area contributed by atoms with Gasteiger partial charge in [0.25, 0.3) is 5.91 Å². The zero-order valence-electron chi connectivity index (χ0n) is 11.3. The highest BCUT2D eigenvalue weighted by Gasteiger charge is 2.59. The molecular formula is C15H21NO2. The van der Waals surface area contributed by atoms with Crippen LogP contribution < -0.4 is 5.32 Å². The van der Waals surface area contributed by atoms with Crippen molar-refractivity contribution >= 4 is 5.91 Å². The highest BCUT2D eigenvalue weighted by atomic mass is 16.3. The van der Waals surface area contributed by atoms with Gasteiger partial charge in [-0.15, -0.1) is 0 Å². The van der Waals surface area contributed by atoms with Crippen molar-refractivity contribution in [2.45, 2.75) is 46.1 Å². The van der Waals surface area contributed by atoms with Gasteiger partial charge >= 0.3 is 0 Å². The normalized spacial score (nSPS) is 36.8. The fourth-order valence-corrected chi connectivity index (χ4v) is 4.27. The molecule has 3 atom stereocenters. The number of hydrogen-bond donors (Lipinski definition) is 1. The van der Waals surface area contributed by atoms with Gasteiger partial charge in [0.1, 0.15) is 0 Å². The molecule has 1 heterocycles. The van der Waals surface area contributed by atoms with Crippen molar-refractivity contribution in [1.29, 1.82) is 0 Å². The fraction of sp³-hybridized carbons (Fsp3) is 0.667. The molecule has 98 valence electrons. The summed E-state index contributed by atoms with van der Waals surface area (Å²) in [6.45, 7) is 6.89. The first kappa shape index (κ1) is 11.8. The Morgan fingerprint density at radius 3 is 2.78 bits per heavy atom. The Bertz CT molecular complexity index is 458. The summed E-state index contributed by atoms with van der Waals surface area (Å²) in [4.78, 5) is 12.2. The van der Waals surface area contributed by atoms with Crippen molar-refractivity contribution < 1.29 is 9.21 Å². The first-order chi connectivity index (χ1) is 8.43. The van der Waals surface area contributed by atoms with Crippen LogP contribution in [0.4, 0.5) is 0 Å². The van der Waals surface area contributed by atoms with Gasteiger partial charge in [0, 0.05) is 6.04 Å². The third-order valence-corrected chi connectivity index (χ3v) is 5.29. The van der Waals surface area contributed by atoms with Crippen LogP contribution in [0.5, 0.6) is 0 Å². The van der Waals surface area contributed by atoms with Crippen molar-refractivity contribution in [1.82, 2.24) is 5.32 Å². The molecule has 2 aliphatic carbocycles. The quantitative estimate of drug-likeness (QED) is 0.871. The summed E-state index contributed by atoms with van der Waals surface area (Å²) in [5.41, 5.74) is 0.450. The molecule has 2 bridgehead atoms. The number of hydrogen-bond acceptors (Lipinski definition) is 2. The van der Waals surface area contributed by atoms with E-state index in [9.17, 15) is 4.79 Å². The Morgan fingerprint density at radius 2 is 2.22 bits per heavy atom. The van der Waals surface area contributed by atoms with E-state index in [2.05, 4.69) is 26.1 Å². The maximum atomic E-state index is 12.2. The first-order valence-electron chi connectivity index (χ1n) is 6.78. The first-order valence-corrected chi connectivity index (χ1v) is 6.78. The van der Waals surface area contributed by atoms with E-state index in [0.29, 0.717) is 5.76 Å². The average molecular weight is 247 g/mol. The van der Waals surface area contributed by atoms with Gasteiger partial charge < -0.3 is 9.73 Å². The molecule has 1 N–H and O–H groups in total. The molecule has 18 heavy (non-hydrogen) atoms. The molecule has 0 radical (unpaired) electrons. The molecule has 2 saturated carbocycles. The smallest absolute Gasteiger partial charge is 0.287 e. The van der Waals surface area contributed by atoms with Crippen molar-refractivity contribution in [3.8, 4) is 0 Å². The summed E-state index contributed by atoms with van der Waals surface area (Å²) in [6, 6.07) is 3.72. The van der Waals surface area contributed by atoms with Gasteiger partial charge in [-0.1, -0.05) is 20.8 Å². The van der Waals surface area contributed by atoms with E-state index in [4.69, 9.17) is 4.42 Å². The van der Waals surface area contributed by atoms with Crippen LogP contribution in [0, 0.1) is 16.7 Å². The van der Waals surface area contributed by atoms with Crippen LogP contribution in [-0.2, 0) is 0 Å². The second kappa shape index (κ2) is 3.62. The van der Waals surface area contributed by atoms with Crippen LogP contribution in [0.25, 0.3) is 0 Å². The summed E-state index contributed by atoms with van der Waals surface area (Å²) in [6.07, 6.45) is 5.31. The Hall–Kier alpha value is -1.25. The van der Waals surface area contributed by atoms with E-state index in [-0.39, 0.29) is 22.8 Å². The molecule has 0 unspecified atom stereocenters. The monoisotopic (exact) mass is 247 g/mol. The zero-order chi connectivity index (χ0) is 13.0. The third kappa shape index (κ3) is 1.53. The van der Waals surface area contributed by atoms with E-state index in [1.807, 2.05) is 0 Å². The minimum Gasteiger partial charge on any atom is -0.459 e. The lowest BCUT2D eigenvalue weighted by molar-refractivity contribution is 0.0713. The predicted molar refractivity (Wildman–Crippen MR) is 69.2 cm³/mol. The molecule has 3 rings (SSSR count). The fourth-order valence-electron chi connectivity index (χ4n) is 4.27. The van der Waals surface area contributed by atoms with E-state index >= 15 is 0 Å². The number of carbonyl (C=O) groups is 1. The average Bonchev–Trinajstić information content (AvgIpc) is 2.96. The zero-order valence-corrected chi connectivity index (χ0v) is 11.3. The second-order valence-corrected chi connectivity index (χ2v) is 6.80. The largest absolute Gasteiger partial charge is 0.459 e. The molecule has 3 heteroatoms. The van der Waals surface area contributed by atoms with Gasteiger partial charge in [0.05, 0.1) is 6.26 Å². The van der Waals surface area contributed by atoms with Gasteiger partial charge in [0.15, 0.2) is 5.76 Å². The van der Waals surface area contributed by atoms with E-state index in [1.165, 1.54) is 19.3 Å². The maximum absolute atomic E-state index is 12.2. The lowest BCUT2D eigenvalue weighted by atomic mass is 9.68. The summed E-state index contributed by atoms with van der Waals surface area (Å²) >= 11 is 0. The molecule has 1 aromatic rings. The van der Waals surface area contributed by atoms with Crippen molar-refractivity contribution in [2.75, 3.05) is 0 Å². The highest BCUT2D eigenvalue weighted by molar-refractivity contribution is 5.91. The summed E-state index contributed by atoms with van der Waals surface area (Å²) in [7, 11) is 0. The van der Waals surface area contributed by atoms with Crippen molar-refractivity contribution in [3.63, 3.8) is 0 Å². The van der Waals surface area contributed by atoms with Crippen LogP contribution in [0.1, 0.15) is 50.6 Å². The Kier molecular flexibility index (Phi) is 2.38. The molecule has 3 nitrogen and oxygen atoms in total. The van der Waals surface area contributed by atoms with E-state index in [0.717, 1.165) is 5.92 Å². The van der Waals surface area contributed by atoms with E-state index < -0.39 is 0 Å². The van der Waals surface area contributed by atoms with Crippen LogP contribution >= 0.6 is 0 Å². The Morgan fingerprint density at radius 1 is 1.44 bits per heavy atom. The van der Waals surface area contributed by atoms with E-state index in [1.54, 1.807) is 18.4 Å². The molecule has 0 spiro atoms. The van der Waals surface area contributed by atoms with Crippen molar-refractivity contribution in [3.05, 3.63) is 24.2 Å². The third-order valence-electron chi connectivity index (χ3n) is 5.29. The van der Waals surface area contributed by atoms with Gasteiger partial charge in [0.2, 0.25) is 0 Å². The van der Waals surface area contributed by atoms with Crippen LogP contribution in [0.15, 0.2) is 22.8 Å². The molecule has 0 saturated heterocycles.